The normalized spacial score (nSPS) is 9.69. The van der Waals surface area contributed by atoms with Crippen molar-refractivity contribution in [3.8, 4) is 0 Å². The van der Waals surface area contributed by atoms with Crippen LogP contribution < -0.4 is 0 Å². The van der Waals surface area contributed by atoms with Crippen LogP contribution in [0.2, 0.25) is 0 Å². The lowest BCUT2D eigenvalue weighted by Gasteiger charge is -2.08. The van der Waals surface area contributed by atoms with Crippen LogP contribution in [0.15, 0.2) is 18.5 Å². The van der Waals surface area contributed by atoms with E-state index >= 15 is 0 Å². The summed E-state index contributed by atoms with van der Waals surface area (Å²) in [6, 6.07) is 1.66. The minimum absolute atomic E-state index is 0.0646. The molecule has 4 nitrogen and oxygen atoms in total. The van der Waals surface area contributed by atoms with E-state index in [0.29, 0.717) is 5.56 Å². The van der Waals surface area contributed by atoms with Gasteiger partial charge >= 0.3 is 0 Å². The van der Waals surface area contributed by atoms with Crippen molar-refractivity contribution in [3.05, 3.63) is 24.0 Å². The molecule has 1 N–H and O–H groups in total. The molecule has 0 aliphatic carbocycles. The predicted molar refractivity (Wildman–Crippen MR) is 48.4 cm³/mol. The Morgan fingerprint density at radius 1 is 1.46 bits per heavy atom. The highest BCUT2D eigenvalue weighted by molar-refractivity contribution is 6.07. The van der Waals surface area contributed by atoms with E-state index in [9.17, 15) is 9.59 Å². The standard InChI is InChI=1S/C9H12N2O2/c1-11(2)9(13)5-8(12)7-3-4-10-6-7/h3-4,6,10H,5H2,1-2H3. The van der Waals surface area contributed by atoms with Crippen molar-refractivity contribution in [2.75, 3.05) is 14.1 Å². The Kier molecular flexibility index (Phi) is 2.84. The third-order valence-corrected chi connectivity index (χ3v) is 1.73. The third-order valence-electron chi connectivity index (χ3n) is 1.73. The highest BCUT2D eigenvalue weighted by Crippen LogP contribution is 2.02. The van der Waals surface area contributed by atoms with Gasteiger partial charge in [-0.25, -0.2) is 0 Å². The summed E-state index contributed by atoms with van der Waals surface area (Å²) in [7, 11) is 3.26. The first-order chi connectivity index (χ1) is 6.11. The van der Waals surface area contributed by atoms with Gasteiger partial charge in [0.1, 0.15) is 0 Å². The van der Waals surface area contributed by atoms with Gasteiger partial charge in [-0.05, 0) is 6.07 Å². The molecule has 0 aromatic carbocycles. The molecule has 1 amide bonds. The van der Waals surface area contributed by atoms with Gasteiger partial charge < -0.3 is 9.88 Å². The summed E-state index contributed by atoms with van der Waals surface area (Å²) in [6.07, 6.45) is 3.18. The maximum Gasteiger partial charge on any atom is 0.229 e. The summed E-state index contributed by atoms with van der Waals surface area (Å²) >= 11 is 0. The number of amides is 1. The minimum Gasteiger partial charge on any atom is -0.367 e. The quantitative estimate of drug-likeness (QED) is 0.549. The average molecular weight is 180 g/mol. The molecular weight excluding hydrogens is 168 g/mol. The lowest BCUT2D eigenvalue weighted by atomic mass is 10.1. The number of nitrogens with one attached hydrogen (secondary N) is 1. The number of carbonyl (C=O) groups is 2. The number of ketones is 1. The van der Waals surface area contributed by atoms with Crippen molar-refractivity contribution in [1.82, 2.24) is 9.88 Å². The number of Topliss-reactive ketones (excluding diaryl/α,β-unsaturated/α-hetero) is 1. The molecule has 4 heteroatoms. The van der Waals surface area contributed by atoms with Crippen LogP contribution >= 0.6 is 0 Å². The molecule has 1 aromatic rings. The SMILES string of the molecule is CN(C)C(=O)CC(=O)c1cc[nH]c1. The molecule has 1 aromatic heterocycles. The molecule has 0 saturated heterocycles. The predicted octanol–water partition coefficient (Wildman–Crippen LogP) is 0.676. The van der Waals surface area contributed by atoms with Crippen molar-refractivity contribution >= 4 is 11.7 Å². The monoisotopic (exact) mass is 180 g/mol. The fourth-order valence-electron chi connectivity index (χ4n) is 0.895. The third kappa shape index (κ3) is 2.43. The van der Waals surface area contributed by atoms with Crippen LogP contribution in [0.3, 0.4) is 0 Å². The summed E-state index contributed by atoms with van der Waals surface area (Å²) in [6.45, 7) is 0. The average Bonchev–Trinajstić information content (AvgIpc) is 2.55. The van der Waals surface area contributed by atoms with Gasteiger partial charge in [0.05, 0.1) is 6.42 Å². The highest BCUT2D eigenvalue weighted by Gasteiger charge is 2.12. The Balaban J connectivity index is 2.57. The molecule has 13 heavy (non-hydrogen) atoms. The molecule has 0 unspecified atom stereocenters. The van der Waals surface area contributed by atoms with E-state index in [1.165, 1.54) is 4.90 Å². The molecule has 1 rings (SSSR count). The van der Waals surface area contributed by atoms with Gasteiger partial charge in [-0.1, -0.05) is 0 Å². The fourth-order valence-corrected chi connectivity index (χ4v) is 0.895. The Hall–Kier alpha value is -1.58. The number of aromatic amines is 1. The van der Waals surface area contributed by atoms with Crippen molar-refractivity contribution in [2.45, 2.75) is 6.42 Å². The summed E-state index contributed by atoms with van der Waals surface area (Å²) in [5.74, 6) is -0.328. The maximum atomic E-state index is 11.4. The first kappa shape index (κ1) is 9.51. The van der Waals surface area contributed by atoms with Crippen LogP contribution in [0.1, 0.15) is 16.8 Å². The summed E-state index contributed by atoms with van der Waals surface area (Å²) in [4.78, 5) is 26.7. The van der Waals surface area contributed by atoms with Gasteiger partial charge in [-0.15, -0.1) is 0 Å². The molecule has 0 aliphatic rings. The molecule has 0 radical (unpaired) electrons. The lowest BCUT2D eigenvalue weighted by molar-refractivity contribution is -0.127. The number of rotatable bonds is 3. The molecule has 0 atom stereocenters. The zero-order valence-corrected chi connectivity index (χ0v) is 7.70. The van der Waals surface area contributed by atoms with Crippen LogP contribution in [-0.2, 0) is 4.79 Å². The highest BCUT2D eigenvalue weighted by atomic mass is 16.2. The lowest BCUT2D eigenvalue weighted by Crippen LogP contribution is -2.24. The molecule has 1 heterocycles. The smallest absolute Gasteiger partial charge is 0.229 e. The van der Waals surface area contributed by atoms with Crippen LogP contribution in [-0.4, -0.2) is 35.7 Å². The summed E-state index contributed by atoms with van der Waals surface area (Å²) in [5, 5.41) is 0. The fraction of sp³-hybridized carbons (Fsp3) is 0.333. The van der Waals surface area contributed by atoms with E-state index in [4.69, 9.17) is 0 Å². The second kappa shape index (κ2) is 3.89. The number of hydrogen-bond acceptors (Lipinski definition) is 2. The molecule has 0 fully saturated rings. The molecule has 0 spiro atoms. The maximum absolute atomic E-state index is 11.4. The van der Waals surface area contributed by atoms with E-state index in [2.05, 4.69) is 4.98 Å². The van der Waals surface area contributed by atoms with E-state index < -0.39 is 0 Å². The molecular formula is C9H12N2O2. The number of hydrogen-bond donors (Lipinski definition) is 1. The summed E-state index contributed by atoms with van der Waals surface area (Å²) in [5.41, 5.74) is 0.551. The Bertz CT molecular complexity index is 301. The second-order valence-corrected chi connectivity index (χ2v) is 2.99. The first-order valence-corrected chi connectivity index (χ1v) is 3.97. The number of nitrogens with zero attached hydrogens (tertiary/aromatic N) is 1. The van der Waals surface area contributed by atoms with Gasteiger partial charge in [0.25, 0.3) is 0 Å². The molecule has 0 saturated carbocycles. The van der Waals surface area contributed by atoms with E-state index in [1.807, 2.05) is 0 Å². The van der Waals surface area contributed by atoms with Crippen molar-refractivity contribution in [3.63, 3.8) is 0 Å². The van der Waals surface area contributed by atoms with Gasteiger partial charge in [0.2, 0.25) is 5.91 Å². The Morgan fingerprint density at radius 2 is 2.15 bits per heavy atom. The van der Waals surface area contributed by atoms with E-state index in [0.717, 1.165) is 0 Å². The van der Waals surface area contributed by atoms with Crippen LogP contribution in [0.5, 0.6) is 0 Å². The Morgan fingerprint density at radius 3 is 2.62 bits per heavy atom. The van der Waals surface area contributed by atoms with Gasteiger partial charge in [0, 0.05) is 32.1 Å². The van der Waals surface area contributed by atoms with Gasteiger partial charge in [-0.3, -0.25) is 9.59 Å². The van der Waals surface area contributed by atoms with Gasteiger partial charge in [0.15, 0.2) is 5.78 Å². The Labute approximate surface area is 76.5 Å². The first-order valence-electron chi connectivity index (χ1n) is 3.97. The number of carbonyl (C=O) groups excluding carboxylic acids is 2. The topological polar surface area (TPSA) is 53.2 Å². The van der Waals surface area contributed by atoms with E-state index in [1.54, 1.807) is 32.6 Å². The zero-order valence-electron chi connectivity index (χ0n) is 7.70. The van der Waals surface area contributed by atoms with E-state index in [-0.39, 0.29) is 18.1 Å². The van der Waals surface area contributed by atoms with Crippen LogP contribution in [0.25, 0.3) is 0 Å². The van der Waals surface area contributed by atoms with Crippen LogP contribution in [0, 0.1) is 0 Å². The largest absolute Gasteiger partial charge is 0.367 e. The van der Waals surface area contributed by atoms with Crippen molar-refractivity contribution in [1.29, 1.82) is 0 Å². The molecule has 0 aliphatic heterocycles. The van der Waals surface area contributed by atoms with Crippen molar-refractivity contribution in [2.24, 2.45) is 0 Å². The number of H-pyrrole nitrogens is 1. The van der Waals surface area contributed by atoms with Gasteiger partial charge in [-0.2, -0.15) is 0 Å². The number of aromatic nitrogens is 1. The summed E-state index contributed by atoms with van der Waals surface area (Å²) < 4.78 is 0. The molecule has 0 bridgehead atoms. The van der Waals surface area contributed by atoms with Crippen molar-refractivity contribution < 1.29 is 9.59 Å². The second-order valence-electron chi connectivity index (χ2n) is 2.99. The zero-order chi connectivity index (χ0) is 9.84. The minimum atomic E-state index is -0.175. The molecule has 70 valence electrons. The van der Waals surface area contributed by atoms with Crippen LogP contribution in [0.4, 0.5) is 0 Å².